The minimum atomic E-state index is 0.110. The van der Waals surface area contributed by atoms with E-state index in [1.54, 1.807) is 11.0 Å². The van der Waals surface area contributed by atoms with Gasteiger partial charge in [-0.15, -0.1) is 0 Å². The molecule has 2 N–H and O–H groups in total. The van der Waals surface area contributed by atoms with E-state index in [1.807, 2.05) is 25.2 Å². The molecule has 1 aliphatic carbocycles. The van der Waals surface area contributed by atoms with Crippen LogP contribution >= 0.6 is 0 Å². The molecule has 0 aliphatic heterocycles. The van der Waals surface area contributed by atoms with E-state index in [9.17, 15) is 4.79 Å². The summed E-state index contributed by atoms with van der Waals surface area (Å²) in [6.07, 6.45) is 3.66. The van der Waals surface area contributed by atoms with Crippen molar-refractivity contribution in [3.8, 4) is 6.07 Å². The number of carbonyl (C=O) groups is 1. The van der Waals surface area contributed by atoms with Gasteiger partial charge in [0, 0.05) is 25.6 Å². The fourth-order valence-corrected chi connectivity index (χ4v) is 2.77. The van der Waals surface area contributed by atoms with Gasteiger partial charge in [0.1, 0.15) is 0 Å². The number of carbonyl (C=O) groups excluding carboxylic acids is 1. The maximum absolute atomic E-state index is 12.4. The Labute approximate surface area is 120 Å². The summed E-state index contributed by atoms with van der Waals surface area (Å²) in [6.45, 7) is 0.552. The molecule has 4 heteroatoms. The normalized spacial score (nSPS) is 22.1. The lowest BCUT2D eigenvalue weighted by atomic mass is 9.85. The van der Waals surface area contributed by atoms with E-state index in [1.165, 1.54) is 0 Å². The summed E-state index contributed by atoms with van der Waals surface area (Å²) in [4.78, 5) is 14.1. The van der Waals surface area contributed by atoms with Crippen LogP contribution in [0.3, 0.4) is 0 Å². The fourth-order valence-electron chi connectivity index (χ4n) is 2.77. The highest BCUT2D eigenvalue weighted by molar-refractivity contribution is 5.78. The standard InChI is InChI=1S/C16H21N3O/c1-19(11-13-4-2-3-12(9-13)10-17)16(20)14-5-7-15(18)8-6-14/h2-4,9,14-15H,5-8,11,18H2,1H3. The minimum absolute atomic E-state index is 0.110. The first kappa shape index (κ1) is 14.5. The minimum Gasteiger partial charge on any atom is -0.341 e. The van der Waals surface area contributed by atoms with Gasteiger partial charge in [-0.25, -0.2) is 0 Å². The summed E-state index contributed by atoms with van der Waals surface area (Å²) >= 11 is 0. The summed E-state index contributed by atoms with van der Waals surface area (Å²) in [5, 5.41) is 8.89. The number of nitrogens with two attached hydrogens (primary N) is 1. The third-order valence-electron chi connectivity index (χ3n) is 3.97. The molecule has 4 nitrogen and oxygen atoms in total. The van der Waals surface area contributed by atoms with Gasteiger partial charge in [-0.2, -0.15) is 5.26 Å². The largest absolute Gasteiger partial charge is 0.341 e. The molecule has 0 saturated heterocycles. The van der Waals surface area contributed by atoms with E-state index in [-0.39, 0.29) is 17.9 Å². The lowest BCUT2D eigenvalue weighted by molar-refractivity contribution is -0.135. The first-order valence-corrected chi connectivity index (χ1v) is 7.09. The van der Waals surface area contributed by atoms with Crippen molar-refractivity contribution in [2.24, 2.45) is 11.7 Å². The molecule has 0 bridgehead atoms. The van der Waals surface area contributed by atoms with Crippen LogP contribution in [0.15, 0.2) is 24.3 Å². The highest BCUT2D eigenvalue weighted by atomic mass is 16.2. The van der Waals surface area contributed by atoms with Crippen LogP contribution in [-0.4, -0.2) is 23.9 Å². The molecule has 106 valence electrons. The number of hydrogen-bond donors (Lipinski definition) is 1. The van der Waals surface area contributed by atoms with Crippen molar-refractivity contribution >= 4 is 5.91 Å². The number of amides is 1. The zero-order chi connectivity index (χ0) is 14.5. The number of rotatable bonds is 3. The van der Waals surface area contributed by atoms with Crippen molar-refractivity contribution in [3.05, 3.63) is 35.4 Å². The number of nitriles is 1. The number of hydrogen-bond acceptors (Lipinski definition) is 3. The SMILES string of the molecule is CN(Cc1cccc(C#N)c1)C(=O)C1CCC(N)CC1. The lowest BCUT2D eigenvalue weighted by Crippen LogP contribution is -2.37. The zero-order valence-corrected chi connectivity index (χ0v) is 11.9. The van der Waals surface area contributed by atoms with Crippen LogP contribution in [0.2, 0.25) is 0 Å². The van der Waals surface area contributed by atoms with Crippen molar-refractivity contribution in [1.29, 1.82) is 5.26 Å². The average Bonchev–Trinajstić information content (AvgIpc) is 2.47. The van der Waals surface area contributed by atoms with Crippen LogP contribution in [0.5, 0.6) is 0 Å². The fraction of sp³-hybridized carbons (Fsp3) is 0.500. The van der Waals surface area contributed by atoms with Crippen LogP contribution in [0.4, 0.5) is 0 Å². The molecule has 2 rings (SSSR count). The summed E-state index contributed by atoms with van der Waals surface area (Å²) in [6, 6.07) is 9.79. The predicted molar refractivity (Wildman–Crippen MR) is 77.6 cm³/mol. The Kier molecular flexibility index (Phi) is 4.75. The molecule has 1 amide bonds. The third kappa shape index (κ3) is 3.58. The summed E-state index contributed by atoms with van der Waals surface area (Å²) in [5.41, 5.74) is 7.50. The molecular formula is C16H21N3O. The van der Waals surface area contributed by atoms with E-state index < -0.39 is 0 Å². The van der Waals surface area contributed by atoms with Gasteiger partial charge in [0.2, 0.25) is 5.91 Å². The first-order chi connectivity index (χ1) is 9.60. The maximum Gasteiger partial charge on any atom is 0.225 e. The monoisotopic (exact) mass is 271 g/mol. The topological polar surface area (TPSA) is 70.1 Å². The van der Waals surface area contributed by atoms with Crippen molar-refractivity contribution in [3.63, 3.8) is 0 Å². The molecule has 1 aliphatic rings. The summed E-state index contributed by atoms with van der Waals surface area (Å²) < 4.78 is 0. The van der Waals surface area contributed by atoms with Crippen molar-refractivity contribution < 1.29 is 4.79 Å². The second kappa shape index (κ2) is 6.53. The van der Waals surface area contributed by atoms with Gasteiger partial charge >= 0.3 is 0 Å². The quantitative estimate of drug-likeness (QED) is 0.914. The molecule has 20 heavy (non-hydrogen) atoms. The highest BCUT2D eigenvalue weighted by Gasteiger charge is 2.26. The highest BCUT2D eigenvalue weighted by Crippen LogP contribution is 2.25. The molecule has 0 heterocycles. The molecule has 1 aromatic carbocycles. The summed E-state index contributed by atoms with van der Waals surface area (Å²) in [7, 11) is 1.83. The van der Waals surface area contributed by atoms with Crippen molar-refractivity contribution in [2.45, 2.75) is 38.3 Å². The van der Waals surface area contributed by atoms with Gasteiger partial charge in [-0.05, 0) is 43.4 Å². The Bertz CT molecular complexity index is 513. The predicted octanol–water partition coefficient (Wildman–Crippen LogP) is 2.03. The molecule has 1 aromatic rings. The smallest absolute Gasteiger partial charge is 0.225 e. The molecule has 0 spiro atoms. The molecule has 1 saturated carbocycles. The Morgan fingerprint density at radius 2 is 2.10 bits per heavy atom. The van der Waals surface area contributed by atoms with E-state index in [4.69, 9.17) is 11.0 Å². The van der Waals surface area contributed by atoms with E-state index in [0.717, 1.165) is 31.2 Å². The van der Waals surface area contributed by atoms with Crippen molar-refractivity contribution in [2.75, 3.05) is 7.05 Å². The van der Waals surface area contributed by atoms with Crippen LogP contribution in [0.25, 0.3) is 0 Å². The molecule has 0 unspecified atom stereocenters. The van der Waals surface area contributed by atoms with Gasteiger partial charge in [0.15, 0.2) is 0 Å². The Morgan fingerprint density at radius 1 is 1.40 bits per heavy atom. The van der Waals surface area contributed by atoms with E-state index >= 15 is 0 Å². The summed E-state index contributed by atoms with van der Waals surface area (Å²) in [5.74, 6) is 0.304. The number of nitrogens with zero attached hydrogens (tertiary/aromatic N) is 2. The lowest BCUT2D eigenvalue weighted by Gasteiger charge is -2.29. The molecule has 0 atom stereocenters. The Hall–Kier alpha value is -1.86. The molecule has 0 radical (unpaired) electrons. The van der Waals surface area contributed by atoms with Crippen LogP contribution in [-0.2, 0) is 11.3 Å². The molecule has 0 aromatic heterocycles. The molecule has 1 fully saturated rings. The second-order valence-electron chi connectivity index (χ2n) is 5.62. The Morgan fingerprint density at radius 3 is 2.75 bits per heavy atom. The van der Waals surface area contributed by atoms with Gasteiger partial charge in [0.25, 0.3) is 0 Å². The van der Waals surface area contributed by atoms with Gasteiger partial charge in [-0.1, -0.05) is 12.1 Å². The van der Waals surface area contributed by atoms with Gasteiger partial charge < -0.3 is 10.6 Å². The number of benzene rings is 1. The maximum atomic E-state index is 12.4. The van der Waals surface area contributed by atoms with E-state index in [2.05, 4.69) is 6.07 Å². The third-order valence-corrected chi connectivity index (χ3v) is 3.97. The zero-order valence-electron chi connectivity index (χ0n) is 11.9. The second-order valence-corrected chi connectivity index (χ2v) is 5.62. The van der Waals surface area contributed by atoms with E-state index in [0.29, 0.717) is 12.1 Å². The first-order valence-electron chi connectivity index (χ1n) is 7.09. The van der Waals surface area contributed by atoms with Crippen LogP contribution in [0, 0.1) is 17.2 Å². The Balaban J connectivity index is 1.95. The van der Waals surface area contributed by atoms with Crippen LogP contribution in [0.1, 0.15) is 36.8 Å². The van der Waals surface area contributed by atoms with Crippen molar-refractivity contribution in [1.82, 2.24) is 4.90 Å². The van der Waals surface area contributed by atoms with Gasteiger partial charge in [-0.3, -0.25) is 4.79 Å². The van der Waals surface area contributed by atoms with Crippen LogP contribution < -0.4 is 5.73 Å². The average molecular weight is 271 g/mol. The van der Waals surface area contributed by atoms with Gasteiger partial charge in [0.05, 0.1) is 11.6 Å². The molecular weight excluding hydrogens is 250 g/mol.